The van der Waals surface area contributed by atoms with Crippen LogP contribution >= 0.6 is 23.1 Å². The summed E-state index contributed by atoms with van der Waals surface area (Å²) in [5.74, 6) is 1.52. The Kier molecular flexibility index (Phi) is 5.19. The van der Waals surface area contributed by atoms with Crippen molar-refractivity contribution in [1.29, 1.82) is 0 Å². The predicted molar refractivity (Wildman–Crippen MR) is 82.9 cm³/mol. The highest BCUT2D eigenvalue weighted by Crippen LogP contribution is 2.23. The summed E-state index contributed by atoms with van der Waals surface area (Å²) in [6.45, 7) is 6.18. The summed E-state index contributed by atoms with van der Waals surface area (Å²) in [6, 6.07) is 4.13. The monoisotopic (exact) mass is 310 g/mol. The maximum atomic E-state index is 11.8. The Hall–Kier alpha value is -1.34. The number of carbonyl (C=O) groups is 1. The van der Waals surface area contributed by atoms with E-state index in [0.717, 1.165) is 10.7 Å². The molecule has 2 rings (SSSR count). The molecule has 1 atom stereocenters. The van der Waals surface area contributed by atoms with Gasteiger partial charge in [-0.25, -0.2) is 4.98 Å². The molecule has 2 aromatic rings. The number of thiophene rings is 1. The van der Waals surface area contributed by atoms with Gasteiger partial charge in [0.2, 0.25) is 11.1 Å². The number of nitrogens with one attached hydrogen (secondary N) is 2. The van der Waals surface area contributed by atoms with E-state index in [1.165, 1.54) is 11.8 Å². The van der Waals surface area contributed by atoms with Crippen LogP contribution in [0.15, 0.2) is 22.7 Å². The third kappa shape index (κ3) is 4.08. The van der Waals surface area contributed by atoms with Crippen LogP contribution in [0.4, 0.5) is 0 Å². The molecular formula is C13H18N4OS2. The molecule has 7 heteroatoms. The second-order valence-corrected chi connectivity index (χ2v) is 6.72. The Morgan fingerprint density at radius 2 is 2.30 bits per heavy atom. The minimum Gasteiger partial charge on any atom is -0.353 e. The average molecular weight is 310 g/mol. The lowest BCUT2D eigenvalue weighted by molar-refractivity contribution is -0.119. The van der Waals surface area contributed by atoms with Gasteiger partial charge >= 0.3 is 0 Å². The largest absolute Gasteiger partial charge is 0.353 e. The van der Waals surface area contributed by atoms with Gasteiger partial charge in [0, 0.05) is 6.04 Å². The van der Waals surface area contributed by atoms with Crippen molar-refractivity contribution in [3.05, 3.63) is 17.5 Å². The highest BCUT2D eigenvalue weighted by molar-refractivity contribution is 7.99. The van der Waals surface area contributed by atoms with Crippen LogP contribution in [0.25, 0.3) is 10.7 Å². The van der Waals surface area contributed by atoms with Gasteiger partial charge in [0.15, 0.2) is 5.82 Å². The zero-order valence-corrected chi connectivity index (χ0v) is 13.3. The van der Waals surface area contributed by atoms with Crippen molar-refractivity contribution in [3.63, 3.8) is 0 Å². The summed E-state index contributed by atoms with van der Waals surface area (Å²) in [4.78, 5) is 17.2. The third-order valence-electron chi connectivity index (χ3n) is 2.94. The number of thioether (sulfide) groups is 1. The van der Waals surface area contributed by atoms with Crippen molar-refractivity contribution in [2.24, 2.45) is 5.92 Å². The predicted octanol–water partition coefficient (Wildman–Crippen LogP) is 2.79. The molecular weight excluding hydrogens is 292 g/mol. The maximum absolute atomic E-state index is 11.8. The van der Waals surface area contributed by atoms with Gasteiger partial charge in [-0.05, 0) is 24.3 Å². The van der Waals surface area contributed by atoms with Crippen LogP contribution < -0.4 is 5.32 Å². The van der Waals surface area contributed by atoms with E-state index in [4.69, 9.17) is 0 Å². The van der Waals surface area contributed by atoms with Crippen molar-refractivity contribution in [3.8, 4) is 10.7 Å². The fourth-order valence-corrected chi connectivity index (χ4v) is 2.70. The Morgan fingerprint density at radius 1 is 1.50 bits per heavy atom. The number of amides is 1. The van der Waals surface area contributed by atoms with Gasteiger partial charge in [-0.1, -0.05) is 31.7 Å². The molecule has 0 saturated carbocycles. The summed E-state index contributed by atoms with van der Waals surface area (Å²) < 4.78 is 0. The molecule has 108 valence electrons. The van der Waals surface area contributed by atoms with Gasteiger partial charge < -0.3 is 5.32 Å². The van der Waals surface area contributed by atoms with Crippen LogP contribution in [0.5, 0.6) is 0 Å². The van der Waals surface area contributed by atoms with E-state index >= 15 is 0 Å². The molecule has 2 N–H and O–H groups in total. The molecule has 1 amide bonds. The Balaban J connectivity index is 1.84. The summed E-state index contributed by atoms with van der Waals surface area (Å²) in [5.41, 5.74) is 0. The number of carbonyl (C=O) groups excluding carboxylic acids is 1. The first-order valence-electron chi connectivity index (χ1n) is 6.44. The minimum absolute atomic E-state index is 0.0127. The van der Waals surface area contributed by atoms with Crippen LogP contribution in [0.3, 0.4) is 0 Å². The number of hydrogen-bond donors (Lipinski definition) is 2. The lowest BCUT2D eigenvalue weighted by Crippen LogP contribution is -2.37. The molecule has 5 nitrogen and oxygen atoms in total. The van der Waals surface area contributed by atoms with Gasteiger partial charge in [0.05, 0.1) is 10.6 Å². The molecule has 0 aliphatic heterocycles. The zero-order chi connectivity index (χ0) is 14.5. The summed E-state index contributed by atoms with van der Waals surface area (Å²) in [7, 11) is 0. The lowest BCUT2D eigenvalue weighted by atomic mass is 10.1. The highest BCUT2D eigenvalue weighted by Gasteiger charge is 2.13. The van der Waals surface area contributed by atoms with E-state index in [1.54, 1.807) is 11.3 Å². The highest BCUT2D eigenvalue weighted by atomic mass is 32.2. The van der Waals surface area contributed by atoms with Crippen LogP contribution in [0, 0.1) is 5.92 Å². The van der Waals surface area contributed by atoms with Gasteiger partial charge in [0.1, 0.15) is 0 Å². The van der Waals surface area contributed by atoms with E-state index in [-0.39, 0.29) is 11.9 Å². The number of aromatic amines is 1. The normalized spacial score (nSPS) is 12.6. The average Bonchev–Trinajstić information content (AvgIpc) is 3.07. The third-order valence-corrected chi connectivity index (χ3v) is 4.66. The lowest BCUT2D eigenvalue weighted by Gasteiger charge is -2.16. The standard InChI is InChI=1S/C13H18N4OS2/c1-8(2)9(3)14-11(18)7-20-13-15-12(16-17-13)10-5-4-6-19-10/h4-6,8-9H,7H2,1-3H3,(H,14,18)(H,15,16,17)/t9-/m0/s1. The second kappa shape index (κ2) is 6.90. The number of aromatic nitrogens is 3. The van der Waals surface area contributed by atoms with E-state index < -0.39 is 0 Å². The van der Waals surface area contributed by atoms with Crippen LogP contribution in [0.1, 0.15) is 20.8 Å². The van der Waals surface area contributed by atoms with E-state index in [9.17, 15) is 4.79 Å². The molecule has 0 unspecified atom stereocenters. The summed E-state index contributed by atoms with van der Waals surface area (Å²) >= 11 is 2.94. The van der Waals surface area contributed by atoms with Crippen molar-refractivity contribution in [2.45, 2.75) is 32.0 Å². The quantitative estimate of drug-likeness (QED) is 0.805. The van der Waals surface area contributed by atoms with E-state index in [1.807, 2.05) is 24.4 Å². The maximum Gasteiger partial charge on any atom is 0.230 e. The molecule has 20 heavy (non-hydrogen) atoms. The minimum atomic E-state index is 0.0127. The fourth-order valence-electron chi connectivity index (χ4n) is 1.43. The molecule has 0 aromatic carbocycles. The topological polar surface area (TPSA) is 70.7 Å². The molecule has 0 fully saturated rings. The van der Waals surface area contributed by atoms with Gasteiger partial charge in [-0.3, -0.25) is 9.89 Å². The van der Waals surface area contributed by atoms with Crippen molar-refractivity contribution in [2.75, 3.05) is 5.75 Å². The Labute approximate surface area is 126 Å². The first kappa shape index (κ1) is 15.1. The Morgan fingerprint density at radius 3 is 2.95 bits per heavy atom. The first-order chi connectivity index (χ1) is 9.56. The van der Waals surface area contributed by atoms with E-state index in [0.29, 0.717) is 16.8 Å². The van der Waals surface area contributed by atoms with Crippen molar-refractivity contribution < 1.29 is 4.79 Å². The molecule has 0 aliphatic rings. The second-order valence-electron chi connectivity index (χ2n) is 4.83. The number of nitrogens with zero attached hydrogens (tertiary/aromatic N) is 2. The first-order valence-corrected chi connectivity index (χ1v) is 8.31. The van der Waals surface area contributed by atoms with Gasteiger partial charge in [-0.15, -0.1) is 16.4 Å². The van der Waals surface area contributed by atoms with Crippen LogP contribution in [-0.2, 0) is 4.79 Å². The zero-order valence-electron chi connectivity index (χ0n) is 11.7. The van der Waals surface area contributed by atoms with Gasteiger partial charge in [0.25, 0.3) is 0 Å². The van der Waals surface area contributed by atoms with Crippen molar-refractivity contribution in [1.82, 2.24) is 20.5 Å². The Bertz CT molecular complexity index is 550. The number of hydrogen-bond acceptors (Lipinski definition) is 5. The molecule has 0 aliphatic carbocycles. The number of H-pyrrole nitrogens is 1. The molecule has 0 bridgehead atoms. The SMILES string of the molecule is CC(C)[C@H](C)NC(=O)CSc1n[nH]c(-c2cccs2)n1. The summed E-state index contributed by atoms with van der Waals surface area (Å²) in [5, 5.41) is 12.5. The van der Waals surface area contributed by atoms with Crippen LogP contribution in [-0.4, -0.2) is 32.9 Å². The fraction of sp³-hybridized carbons (Fsp3) is 0.462. The summed E-state index contributed by atoms with van der Waals surface area (Å²) in [6.07, 6.45) is 0. The van der Waals surface area contributed by atoms with Crippen LogP contribution in [0.2, 0.25) is 0 Å². The van der Waals surface area contributed by atoms with Gasteiger partial charge in [-0.2, -0.15) is 0 Å². The smallest absolute Gasteiger partial charge is 0.230 e. The van der Waals surface area contributed by atoms with E-state index in [2.05, 4.69) is 34.3 Å². The molecule has 0 radical (unpaired) electrons. The van der Waals surface area contributed by atoms with Crippen molar-refractivity contribution >= 4 is 29.0 Å². The molecule has 2 heterocycles. The number of rotatable bonds is 6. The molecule has 0 spiro atoms. The molecule has 2 aromatic heterocycles. The molecule has 0 saturated heterocycles.